The maximum Gasteiger partial charge on any atom is 0.164 e. The van der Waals surface area contributed by atoms with E-state index in [1.54, 1.807) is 0 Å². The Morgan fingerprint density at radius 2 is 0.509 bits per heavy atom. The Hall–Kier alpha value is -7.90. The third-order valence-corrected chi connectivity index (χ3v) is 9.81. The Bertz CT molecular complexity index is 2820. The number of nitrogens with zero attached hydrogens (tertiary/aromatic N) is 6. The fraction of sp³-hybridized carbons (Fsp3) is 0. The molecule has 0 saturated carbocycles. The van der Waals surface area contributed by atoms with Crippen LogP contribution in [0.1, 0.15) is 0 Å². The molecule has 0 unspecified atom stereocenters. The summed E-state index contributed by atoms with van der Waals surface area (Å²) in [4.78, 5) is 29.5. The summed E-state index contributed by atoms with van der Waals surface area (Å²) >= 11 is 0. The van der Waals surface area contributed by atoms with Crippen LogP contribution in [0.25, 0.3) is 89.9 Å². The number of fused-ring (bicyclic) bond motifs is 2. The molecule has 0 aliphatic rings. The average Bonchev–Trinajstić information content (AvgIpc) is 3.29. The van der Waals surface area contributed by atoms with E-state index in [1.807, 2.05) is 133 Å². The highest BCUT2D eigenvalue weighted by atomic mass is 16.5. The van der Waals surface area contributed by atoms with Crippen molar-refractivity contribution in [1.29, 1.82) is 0 Å². The van der Waals surface area contributed by atoms with E-state index in [-0.39, 0.29) is 0 Å². The van der Waals surface area contributed by atoms with Crippen molar-refractivity contribution in [2.75, 3.05) is 0 Å². The van der Waals surface area contributed by atoms with E-state index in [0.717, 1.165) is 54.9 Å². The molecule has 0 saturated heterocycles. The molecular weight excluding hydrogens is 701 g/mol. The first-order valence-corrected chi connectivity index (χ1v) is 18.7. The van der Waals surface area contributed by atoms with Gasteiger partial charge in [0.2, 0.25) is 0 Å². The van der Waals surface area contributed by atoms with Gasteiger partial charge in [-0.3, -0.25) is 0 Å². The SMILES string of the molecule is c1ccc(-c2nc(-c3ccc(Oc4ccc(-c5nc(-c6ccccc6)nc(-c6ccc7ccccc7c6)n5)cc4)cc3)nc(-c3ccc4ccccc4c3)n2)cc1. The summed E-state index contributed by atoms with van der Waals surface area (Å²) in [5.74, 6) is 4.99. The zero-order valence-corrected chi connectivity index (χ0v) is 30.6. The van der Waals surface area contributed by atoms with Gasteiger partial charge in [0.05, 0.1) is 0 Å². The Balaban J connectivity index is 0.933. The van der Waals surface area contributed by atoms with Crippen LogP contribution in [0, 0.1) is 0 Å². The van der Waals surface area contributed by atoms with Crippen LogP contribution in [0.4, 0.5) is 0 Å². The van der Waals surface area contributed by atoms with Gasteiger partial charge < -0.3 is 4.74 Å². The molecule has 0 amide bonds. The zero-order chi connectivity index (χ0) is 38.0. The van der Waals surface area contributed by atoms with Crippen molar-refractivity contribution in [2.24, 2.45) is 0 Å². The predicted molar refractivity (Wildman–Crippen MR) is 227 cm³/mol. The first kappa shape index (κ1) is 33.7. The van der Waals surface area contributed by atoms with Crippen molar-refractivity contribution in [2.45, 2.75) is 0 Å². The van der Waals surface area contributed by atoms with Gasteiger partial charge >= 0.3 is 0 Å². The molecule has 57 heavy (non-hydrogen) atoms. The Morgan fingerprint density at radius 1 is 0.228 bits per heavy atom. The summed E-state index contributed by atoms with van der Waals surface area (Å²) in [6, 6.07) is 64.7. The fourth-order valence-electron chi connectivity index (χ4n) is 6.84. The van der Waals surface area contributed by atoms with Crippen LogP contribution in [-0.4, -0.2) is 29.9 Å². The molecular formula is C50H32N6O. The van der Waals surface area contributed by atoms with Gasteiger partial charge in [-0.25, -0.2) is 29.9 Å². The monoisotopic (exact) mass is 732 g/mol. The molecule has 0 aliphatic carbocycles. The largest absolute Gasteiger partial charge is 0.457 e. The van der Waals surface area contributed by atoms with Gasteiger partial charge in [0.15, 0.2) is 34.9 Å². The van der Waals surface area contributed by atoms with Crippen LogP contribution >= 0.6 is 0 Å². The van der Waals surface area contributed by atoms with Crippen LogP contribution in [0.15, 0.2) is 194 Å². The number of hydrogen-bond donors (Lipinski definition) is 0. The quantitative estimate of drug-likeness (QED) is 0.154. The van der Waals surface area contributed by atoms with E-state index in [4.69, 9.17) is 34.6 Å². The number of benzene rings is 8. The minimum atomic E-state index is 0.582. The summed E-state index contributed by atoms with van der Waals surface area (Å²) in [6.45, 7) is 0. The number of hydrogen-bond acceptors (Lipinski definition) is 7. The van der Waals surface area contributed by atoms with Crippen molar-refractivity contribution in [3.8, 4) is 79.8 Å². The van der Waals surface area contributed by atoms with E-state index in [1.165, 1.54) is 0 Å². The minimum Gasteiger partial charge on any atom is -0.457 e. The molecule has 8 aromatic carbocycles. The van der Waals surface area contributed by atoms with E-state index < -0.39 is 0 Å². The highest BCUT2D eigenvalue weighted by Gasteiger charge is 2.15. The average molecular weight is 733 g/mol. The highest BCUT2D eigenvalue weighted by Crippen LogP contribution is 2.31. The lowest BCUT2D eigenvalue weighted by atomic mass is 10.1. The van der Waals surface area contributed by atoms with Crippen LogP contribution in [0.3, 0.4) is 0 Å². The van der Waals surface area contributed by atoms with E-state index in [2.05, 4.69) is 60.7 Å². The van der Waals surface area contributed by atoms with E-state index in [9.17, 15) is 0 Å². The lowest BCUT2D eigenvalue weighted by Crippen LogP contribution is -2.00. The van der Waals surface area contributed by atoms with Crippen molar-refractivity contribution in [1.82, 2.24) is 29.9 Å². The van der Waals surface area contributed by atoms with Gasteiger partial charge in [-0.1, -0.05) is 133 Å². The maximum absolute atomic E-state index is 6.31. The smallest absolute Gasteiger partial charge is 0.164 e. The molecule has 0 atom stereocenters. The molecule has 0 aliphatic heterocycles. The first-order chi connectivity index (χ1) is 28.2. The number of aromatic nitrogens is 6. The van der Waals surface area contributed by atoms with Gasteiger partial charge in [0.1, 0.15) is 11.5 Å². The zero-order valence-electron chi connectivity index (χ0n) is 30.6. The molecule has 0 radical (unpaired) electrons. The summed E-state index contributed by atoms with van der Waals surface area (Å²) in [6.07, 6.45) is 0. The normalized spacial score (nSPS) is 11.2. The van der Waals surface area contributed by atoms with Crippen LogP contribution in [-0.2, 0) is 0 Å². The second kappa shape index (κ2) is 14.7. The van der Waals surface area contributed by atoms with Crippen molar-refractivity contribution in [3.63, 3.8) is 0 Å². The first-order valence-electron chi connectivity index (χ1n) is 18.7. The molecule has 0 bridgehead atoms. The topological polar surface area (TPSA) is 86.6 Å². The molecule has 10 rings (SSSR count). The van der Waals surface area contributed by atoms with Crippen molar-refractivity contribution >= 4 is 21.5 Å². The van der Waals surface area contributed by atoms with Crippen LogP contribution < -0.4 is 4.74 Å². The van der Waals surface area contributed by atoms with Crippen LogP contribution in [0.5, 0.6) is 11.5 Å². The van der Waals surface area contributed by atoms with Crippen LogP contribution in [0.2, 0.25) is 0 Å². The molecule has 0 N–H and O–H groups in total. The van der Waals surface area contributed by atoms with Gasteiger partial charge in [-0.05, 0) is 82.2 Å². The molecule has 7 heteroatoms. The lowest BCUT2D eigenvalue weighted by molar-refractivity contribution is 0.483. The standard InChI is InChI=1S/C50H32N6O/c1-3-13-35(14-4-1)45-51-47(55-49(53-45)41-21-19-33-11-7-9-17-39(33)31-41)37-23-27-43(28-24-37)57-44-29-25-38(26-30-44)48-52-46(36-15-5-2-6-16-36)54-50(56-48)42-22-20-34-12-8-10-18-40(34)32-42/h1-32H. The summed E-state index contributed by atoms with van der Waals surface area (Å²) in [5, 5.41) is 4.59. The van der Waals surface area contributed by atoms with Gasteiger partial charge in [0.25, 0.3) is 0 Å². The van der Waals surface area contributed by atoms with Crippen molar-refractivity contribution < 1.29 is 4.74 Å². The second-order valence-electron chi connectivity index (χ2n) is 13.6. The molecule has 0 spiro atoms. The van der Waals surface area contributed by atoms with E-state index in [0.29, 0.717) is 46.4 Å². The third-order valence-electron chi connectivity index (χ3n) is 9.81. The molecule has 0 fully saturated rings. The molecule has 2 aromatic heterocycles. The Morgan fingerprint density at radius 3 is 0.877 bits per heavy atom. The summed E-state index contributed by atoms with van der Waals surface area (Å²) < 4.78 is 6.31. The number of ether oxygens (including phenoxy) is 1. The minimum absolute atomic E-state index is 0.582. The molecule has 2 heterocycles. The lowest BCUT2D eigenvalue weighted by Gasteiger charge is -2.11. The van der Waals surface area contributed by atoms with Gasteiger partial charge in [-0.2, -0.15) is 0 Å². The Kier molecular flexibility index (Phi) is 8.70. The second-order valence-corrected chi connectivity index (χ2v) is 13.6. The molecule has 7 nitrogen and oxygen atoms in total. The molecule has 10 aromatic rings. The maximum atomic E-state index is 6.31. The fourth-order valence-corrected chi connectivity index (χ4v) is 6.84. The summed E-state index contributed by atoms with van der Waals surface area (Å²) in [5.41, 5.74) is 5.40. The van der Waals surface area contributed by atoms with Gasteiger partial charge in [0, 0.05) is 33.4 Å². The van der Waals surface area contributed by atoms with Gasteiger partial charge in [-0.15, -0.1) is 0 Å². The highest BCUT2D eigenvalue weighted by molar-refractivity contribution is 5.87. The summed E-state index contributed by atoms with van der Waals surface area (Å²) in [7, 11) is 0. The third kappa shape index (κ3) is 7.09. The molecule has 268 valence electrons. The Labute approximate surface area is 329 Å². The van der Waals surface area contributed by atoms with Crippen molar-refractivity contribution in [3.05, 3.63) is 194 Å². The number of rotatable bonds is 8. The van der Waals surface area contributed by atoms with E-state index >= 15 is 0 Å². The predicted octanol–water partition coefficient (Wildman–Crippen LogP) is 12.2.